The van der Waals surface area contributed by atoms with Gasteiger partial charge in [0.05, 0.1) is 36.3 Å². The highest BCUT2D eigenvalue weighted by Crippen LogP contribution is 2.27. The van der Waals surface area contributed by atoms with Gasteiger partial charge >= 0.3 is 0 Å². The zero-order valence-corrected chi connectivity index (χ0v) is 19.9. The number of hydrogen-bond acceptors (Lipinski definition) is 7. The molecule has 4 aromatic rings. The van der Waals surface area contributed by atoms with Crippen molar-refractivity contribution in [2.24, 2.45) is 0 Å². The van der Waals surface area contributed by atoms with Gasteiger partial charge in [0, 0.05) is 30.4 Å². The zero-order chi connectivity index (χ0) is 24.5. The molecule has 1 amide bonds. The molecule has 0 spiro atoms. The standard InChI is InChI=1S/C25H27FN8O/c1-4-32-9-10-33(23(35)15-32)18-5-6-22(27-12-18)30-25-28-14-20(26)24(31-25)17-7-8-34-21(11-17)19(13-29-34)16(2)3/h5-8,11-14,16H,4,9-10,15H2,1-3H3,(H,27,28,30,31). The Morgan fingerprint density at radius 2 is 1.97 bits per heavy atom. The number of likely N-dealkylation sites (N-methyl/N-ethyl adjacent to an activating group) is 1. The summed E-state index contributed by atoms with van der Waals surface area (Å²) in [5, 5.41) is 7.40. The summed E-state index contributed by atoms with van der Waals surface area (Å²) < 4.78 is 16.5. The van der Waals surface area contributed by atoms with Crippen molar-refractivity contribution in [1.82, 2.24) is 29.5 Å². The molecule has 1 N–H and O–H groups in total. The van der Waals surface area contributed by atoms with E-state index in [-0.39, 0.29) is 23.5 Å². The van der Waals surface area contributed by atoms with Gasteiger partial charge in [0.15, 0.2) is 5.82 Å². The van der Waals surface area contributed by atoms with Crippen LogP contribution in [-0.2, 0) is 4.79 Å². The van der Waals surface area contributed by atoms with E-state index in [1.165, 1.54) is 0 Å². The first-order valence-corrected chi connectivity index (χ1v) is 11.7. The van der Waals surface area contributed by atoms with Crippen molar-refractivity contribution in [1.29, 1.82) is 0 Å². The zero-order valence-electron chi connectivity index (χ0n) is 19.9. The van der Waals surface area contributed by atoms with Crippen LogP contribution in [0.15, 0.2) is 49.1 Å². The summed E-state index contributed by atoms with van der Waals surface area (Å²) in [6.45, 7) is 8.96. The predicted octanol–water partition coefficient (Wildman–Crippen LogP) is 3.86. The number of anilines is 3. The Labute approximate surface area is 202 Å². The van der Waals surface area contributed by atoms with E-state index in [0.717, 1.165) is 36.1 Å². The number of amides is 1. The lowest BCUT2D eigenvalue weighted by molar-refractivity contribution is -0.121. The smallest absolute Gasteiger partial charge is 0.241 e. The van der Waals surface area contributed by atoms with E-state index in [9.17, 15) is 9.18 Å². The number of carbonyl (C=O) groups excluding carboxylic acids is 1. The largest absolute Gasteiger partial charge is 0.309 e. The number of nitrogens with one attached hydrogen (secondary N) is 1. The SMILES string of the molecule is CCN1CCN(c2ccc(Nc3ncc(F)c(-c4ccn5ncc(C(C)C)c5c4)n3)nc2)C(=O)C1. The Bertz CT molecular complexity index is 1370. The minimum Gasteiger partial charge on any atom is -0.309 e. The number of carbonyl (C=O) groups is 1. The fraction of sp³-hybridized carbons (Fsp3) is 0.320. The van der Waals surface area contributed by atoms with Gasteiger partial charge in [-0.3, -0.25) is 9.69 Å². The highest BCUT2D eigenvalue weighted by Gasteiger charge is 2.24. The van der Waals surface area contributed by atoms with Crippen LogP contribution in [0.3, 0.4) is 0 Å². The van der Waals surface area contributed by atoms with Crippen molar-refractivity contribution in [3.05, 3.63) is 60.4 Å². The second-order valence-corrected chi connectivity index (χ2v) is 8.83. The molecule has 0 aliphatic carbocycles. The second-order valence-electron chi connectivity index (χ2n) is 8.83. The molecule has 0 atom stereocenters. The lowest BCUT2D eigenvalue weighted by Gasteiger charge is -2.33. The molecule has 0 radical (unpaired) electrons. The molecule has 1 aliphatic heterocycles. The monoisotopic (exact) mass is 474 g/mol. The Morgan fingerprint density at radius 3 is 2.69 bits per heavy atom. The Morgan fingerprint density at radius 1 is 1.11 bits per heavy atom. The summed E-state index contributed by atoms with van der Waals surface area (Å²) >= 11 is 0. The van der Waals surface area contributed by atoms with Crippen molar-refractivity contribution in [2.45, 2.75) is 26.7 Å². The van der Waals surface area contributed by atoms with E-state index >= 15 is 0 Å². The molecule has 4 aromatic heterocycles. The van der Waals surface area contributed by atoms with E-state index in [0.29, 0.717) is 24.5 Å². The van der Waals surface area contributed by atoms with Gasteiger partial charge < -0.3 is 10.2 Å². The van der Waals surface area contributed by atoms with Gasteiger partial charge in [0.1, 0.15) is 11.5 Å². The maximum Gasteiger partial charge on any atom is 0.241 e. The van der Waals surface area contributed by atoms with Gasteiger partial charge in [-0.25, -0.2) is 23.9 Å². The van der Waals surface area contributed by atoms with Crippen LogP contribution in [-0.4, -0.2) is 61.6 Å². The van der Waals surface area contributed by atoms with Crippen LogP contribution in [0.1, 0.15) is 32.3 Å². The highest BCUT2D eigenvalue weighted by atomic mass is 19.1. The summed E-state index contributed by atoms with van der Waals surface area (Å²) in [6, 6.07) is 7.26. The third-order valence-electron chi connectivity index (χ3n) is 6.24. The lowest BCUT2D eigenvalue weighted by atomic mass is 10.0. The fourth-order valence-electron chi connectivity index (χ4n) is 4.22. The summed E-state index contributed by atoms with van der Waals surface area (Å²) in [4.78, 5) is 29.2. The maximum atomic E-state index is 14.7. The first kappa shape index (κ1) is 22.9. The van der Waals surface area contributed by atoms with E-state index in [1.54, 1.807) is 33.9 Å². The van der Waals surface area contributed by atoms with Gasteiger partial charge in [-0.05, 0) is 36.7 Å². The first-order chi connectivity index (χ1) is 16.9. The minimum atomic E-state index is -0.515. The Balaban J connectivity index is 1.36. The third kappa shape index (κ3) is 4.57. The third-order valence-corrected chi connectivity index (χ3v) is 6.24. The molecule has 1 fully saturated rings. The number of fused-ring (bicyclic) bond motifs is 1. The molecule has 0 unspecified atom stereocenters. The fourth-order valence-corrected chi connectivity index (χ4v) is 4.22. The average Bonchev–Trinajstić information content (AvgIpc) is 3.29. The van der Waals surface area contributed by atoms with Gasteiger partial charge in [0.25, 0.3) is 0 Å². The van der Waals surface area contributed by atoms with Crippen molar-refractivity contribution in [2.75, 3.05) is 36.4 Å². The predicted molar refractivity (Wildman–Crippen MR) is 132 cm³/mol. The lowest BCUT2D eigenvalue weighted by Crippen LogP contribution is -2.50. The molecule has 9 nitrogen and oxygen atoms in total. The van der Waals surface area contributed by atoms with E-state index in [4.69, 9.17) is 0 Å². The molecular weight excluding hydrogens is 447 g/mol. The van der Waals surface area contributed by atoms with Crippen LogP contribution in [0.2, 0.25) is 0 Å². The highest BCUT2D eigenvalue weighted by molar-refractivity contribution is 5.95. The molecule has 10 heteroatoms. The summed E-state index contributed by atoms with van der Waals surface area (Å²) in [5.74, 6) is 0.558. The van der Waals surface area contributed by atoms with Crippen molar-refractivity contribution >= 4 is 28.9 Å². The number of aromatic nitrogens is 5. The first-order valence-electron chi connectivity index (χ1n) is 11.7. The van der Waals surface area contributed by atoms with Crippen molar-refractivity contribution in [3.63, 3.8) is 0 Å². The summed E-state index contributed by atoms with van der Waals surface area (Å²) in [7, 11) is 0. The van der Waals surface area contributed by atoms with Gasteiger partial charge in [-0.2, -0.15) is 5.10 Å². The van der Waals surface area contributed by atoms with Crippen LogP contribution in [0, 0.1) is 5.82 Å². The number of nitrogens with zero attached hydrogens (tertiary/aromatic N) is 7. The van der Waals surface area contributed by atoms with Crippen LogP contribution in [0.5, 0.6) is 0 Å². The van der Waals surface area contributed by atoms with E-state index < -0.39 is 5.82 Å². The molecule has 0 bridgehead atoms. The van der Waals surface area contributed by atoms with Crippen LogP contribution >= 0.6 is 0 Å². The summed E-state index contributed by atoms with van der Waals surface area (Å²) in [6.07, 6.45) is 6.43. The Hall–Kier alpha value is -3.92. The number of rotatable bonds is 6. The van der Waals surface area contributed by atoms with Crippen LogP contribution in [0.4, 0.5) is 21.8 Å². The number of piperazine rings is 1. The van der Waals surface area contributed by atoms with Crippen molar-refractivity contribution < 1.29 is 9.18 Å². The molecule has 180 valence electrons. The van der Waals surface area contributed by atoms with Crippen LogP contribution in [0.25, 0.3) is 16.8 Å². The van der Waals surface area contributed by atoms with Crippen LogP contribution < -0.4 is 10.2 Å². The molecule has 5 rings (SSSR count). The molecule has 1 aliphatic rings. The molecule has 0 aromatic carbocycles. The number of halogens is 1. The maximum absolute atomic E-state index is 14.7. The number of pyridine rings is 2. The molecular formula is C25H27FN8O. The van der Waals surface area contributed by atoms with E-state index in [2.05, 4.69) is 44.1 Å². The van der Waals surface area contributed by atoms with E-state index in [1.807, 2.05) is 25.3 Å². The molecule has 1 saturated heterocycles. The second kappa shape index (κ2) is 9.38. The average molecular weight is 475 g/mol. The van der Waals surface area contributed by atoms with Crippen molar-refractivity contribution in [3.8, 4) is 11.3 Å². The molecule has 0 saturated carbocycles. The number of hydrogen-bond donors (Lipinski definition) is 1. The van der Waals surface area contributed by atoms with Gasteiger partial charge in [-0.1, -0.05) is 20.8 Å². The summed E-state index contributed by atoms with van der Waals surface area (Å²) in [5.41, 5.74) is 3.56. The normalized spacial score (nSPS) is 14.8. The molecule has 5 heterocycles. The Kier molecular flexibility index (Phi) is 6.12. The quantitative estimate of drug-likeness (QED) is 0.454. The topological polar surface area (TPSA) is 91.6 Å². The minimum absolute atomic E-state index is 0.0582. The van der Waals surface area contributed by atoms with Gasteiger partial charge in [-0.15, -0.1) is 0 Å². The molecule has 35 heavy (non-hydrogen) atoms. The van der Waals surface area contributed by atoms with Gasteiger partial charge in [0.2, 0.25) is 11.9 Å².